The first kappa shape index (κ1) is 9.22. The highest BCUT2D eigenvalue weighted by Gasteiger charge is 2.02. The summed E-state index contributed by atoms with van der Waals surface area (Å²) in [5.74, 6) is 1.84. The van der Waals surface area contributed by atoms with Crippen LogP contribution in [0.4, 0.5) is 0 Å². The lowest BCUT2D eigenvalue weighted by molar-refractivity contribution is 0.468. The highest BCUT2D eigenvalue weighted by atomic mass is 28.2. The molecule has 0 bridgehead atoms. The lowest BCUT2D eigenvalue weighted by Gasteiger charge is -2.11. The molecule has 0 rings (SSSR count). The molecule has 0 aliphatic rings. The molecular formula is C8H18Si. The van der Waals surface area contributed by atoms with Gasteiger partial charge in [-0.05, 0) is 18.3 Å². The lowest BCUT2D eigenvalue weighted by Crippen LogP contribution is -2.01. The van der Waals surface area contributed by atoms with Gasteiger partial charge in [-0.1, -0.05) is 33.4 Å². The number of rotatable bonds is 4. The van der Waals surface area contributed by atoms with E-state index in [1.165, 1.54) is 12.5 Å². The van der Waals surface area contributed by atoms with Gasteiger partial charge in [0.1, 0.15) is 0 Å². The van der Waals surface area contributed by atoms with Crippen molar-refractivity contribution in [2.75, 3.05) is 0 Å². The van der Waals surface area contributed by atoms with Crippen LogP contribution in [-0.4, -0.2) is 9.52 Å². The Kier molecular flexibility index (Phi) is 5.16. The van der Waals surface area contributed by atoms with Crippen LogP contribution < -0.4 is 0 Å². The normalized spacial score (nSPS) is 14.3. The molecule has 1 atom stereocenters. The number of hydrogen-bond acceptors (Lipinski definition) is 0. The van der Waals surface area contributed by atoms with Gasteiger partial charge < -0.3 is 0 Å². The van der Waals surface area contributed by atoms with Crippen molar-refractivity contribution < 1.29 is 0 Å². The smallest absolute Gasteiger partial charge is 0.0345 e. The Morgan fingerprint density at radius 2 is 1.78 bits per heavy atom. The van der Waals surface area contributed by atoms with Gasteiger partial charge in [0.05, 0.1) is 0 Å². The van der Waals surface area contributed by atoms with Gasteiger partial charge >= 0.3 is 0 Å². The van der Waals surface area contributed by atoms with E-state index >= 15 is 0 Å². The molecule has 0 amide bonds. The molecule has 1 unspecified atom stereocenters. The molecule has 54 valence electrons. The van der Waals surface area contributed by atoms with Gasteiger partial charge in [0.25, 0.3) is 0 Å². The van der Waals surface area contributed by atoms with Crippen molar-refractivity contribution >= 4 is 9.52 Å². The summed E-state index contributed by atoms with van der Waals surface area (Å²) >= 11 is 0. The average Bonchev–Trinajstić information content (AvgIpc) is 1.63. The van der Waals surface area contributed by atoms with Crippen molar-refractivity contribution in [3.63, 3.8) is 0 Å². The van der Waals surface area contributed by atoms with Crippen LogP contribution >= 0.6 is 0 Å². The second-order valence-corrected chi connectivity index (χ2v) is 4.41. The van der Waals surface area contributed by atoms with Gasteiger partial charge in [0.15, 0.2) is 0 Å². The van der Waals surface area contributed by atoms with E-state index in [1.807, 2.05) is 0 Å². The first-order valence-corrected chi connectivity index (χ1v) is 5.52. The summed E-state index contributed by atoms with van der Waals surface area (Å²) in [5.41, 5.74) is 0. The summed E-state index contributed by atoms with van der Waals surface area (Å²) in [6, 6.07) is 1.43. The molecule has 0 aromatic carbocycles. The Labute approximate surface area is 61.9 Å². The zero-order valence-electron chi connectivity index (χ0n) is 7.07. The van der Waals surface area contributed by atoms with Crippen LogP contribution in [0.5, 0.6) is 0 Å². The minimum atomic E-state index is 0.886. The van der Waals surface area contributed by atoms with Crippen LogP contribution in [-0.2, 0) is 0 Å². The van der Waals surface area contributed by atoms with Gasteiger partial charge in [-0.2, -0.15) is 0 Å². The van der Waals surface area contributed by atoms with E-state index in [0.717, 1.165) is 21.4 Å². The monoisotopic (exact) mass is 142 g/mol. The summed E-state index contributed by atoms with van der Waals surface area (Å²) in [6.45, 7) is 9.25. The third-order valence-corrected chi connectivity index (χ3v) is 2.53. The SMILES string of the molecule is C[Si]CC(C)CC(C)C. The average molecular weight is 142 g/mol. The molecule has 0 saturated heterocycles. The van der Waals surface area contributed by atoms with E-state index in [0.29, 0.717) is 0 Å². The predicted molar refractivity (Wildman–Crippen MR) is 45.0 cm³/mol. The van der Waals surface area contributed by atoms with Gasteiger partial charge in [-0.15, -0.1) is 0 Å². The zero-order chi connectivity index (χ0) is 7.28. The molecule has 0 spiro atoms. The Bertz CT molecular complexity index is 59.6. The van der Waals surface area contributed by atoms with E-state index in [4.69, 9.17) is 0 Å². The van der Waals surface area contributed by atoms with Crippen LogP contribution in [0, 0.1) is 11.8 Å². The molecule has 1 heteroatoms. The van der Waals surface area contributed by atoms with Crippen molar-refractivity contribution in [2.45, 2.75) is 39.8 Å². The number of hydrogen-bond donors (Lipinski definition) is 0. The Morgan fingerprint density at radius 1 is 1.22 bits per heavy atom. The van der Waals surface area contributed by atoms with Crippen LogP contribution in [0.1, 0.15) is 27.2 Å². The van der Waals surface area contributed by atoms with Crippen LogP contribution in [0.25, 0.3) is 0 Å². The van der Waals surface area contributed by atoms with E-state index in [1.54, 1.807) is 0 Å². The third-order valence-electron chi connectivity index (χ3n) is 1.43. The molecule has 0 N–H and O–H groups in total. The molecule has 2 radical (unpaired) electrons. The Morgan fingerprint density at radius 3 is 2.11 bits per heavy atom. The Balaban J connectivity index is 3.15. The standard InChI is InChI=1S/C8H18Si/c1-7(2)5-8(3)6-9-4/h7-8H,5-6H2,1-4H3. The van der Waals surface area contributed by atoms with Gasteiger partial charge in [-0.3, -0.25) is 0 Å². The van der Waals surface area contributed by atoms with Crippen molar-refractivity contribution in [3.8, 4) is 0 Å². The van der Waals surface area contributed by atoms with Crippen molar-refractivity contribution in [2.24, 2.45) is 11.8 Å². The largest absolute Gasteiger partial charge is 0.0733 e. The van der Waals surface area contributed by atoms with Gasteiger partial charge in [-0.25, -0.2) is 0 Å². The molecule has 0 fully saturated rings. The molecule has 0 saturated carbocycles. The van der Waals surface area contributed by atoms with Crippen molar-refractivity contribution in [1.82, 2.24) is 0 Å². The van der Waals surface area contributed by atoms with Crippen LogP contribution in [0.3, 0.4) is 0 Å². The van der Waals surface area contributed by atoms with Gasteiger partial charge in [0, 0.05) is 9.52 Å². The predicted octanol–water partition coefficient (Wildman–Crippen LogP) is 2.84. The van der Waals surface area contributed by atoms with Crippen LogP contribution in [0.15, 0.2) is 0 Å². The molecular weight excluding hydrogens is 124 g/mol. The molecule has 0 heterocycles. The lowest BCUT2D eigenvalue weighted by atomic mass is 10.0. The summed E-state index contributed by atoms with van der Waals surface area (Å²) < 4.78 is 0. The summed E-state index contributed by atoms with van der Waals surface area (Å²) in [4.78, 5) is 0. The van der Waals surface area contributed by atoms with Crippen molar-refractivity contribution in [3.05, 3.63) is 0 Å². The molecule has 0 nitrogen and oxygen atoms in total. The van der Waals surface area contributed by atoms with E-state index < -0.39 is 0 Å². The molecule has 9 heavy (non-hydrogen) atoms. The molecule has 0 aliphatic heterocycles. The first-order valence-electron chi connectivity index (χ1n) is 3.81. The fourth-order valence-corrected chi connectivity index (χ4v) is 2.10. The fraction of sp³-hybridized carbons (Fsp3) is 1.00. The fourth-order valence-electron chi connectivity index (χ4n) is 1.24. The minimum absolute atomic E-state index is 0.886. The second-order valence-electron chi connectivity index (χ2n) is 3.29. The highest BCUT2D eigenvalue weighted by molar-refractivity contribution is 6.33. The molecule has 0 aromatic rings. The first-order chi connectivity index (χ1) is 4.16. The molecule has 0 aromatic heterocycles. The summed E-state index contributed by atoms with van der Waals surface area (Å²) in [6.07, 6.45) is 1.40. The minimum Gasteiger partial charge on any atom is -0.0733 e. The quantitative estimate of drug-likeness (QED) is 0.529. The third kappa shape index (κ3) is 6.10. The van der Waals surface area contributed by atoms with Gasteiger partial charge in [0.2, 0.25) is 0 Å². The summed E-state index contributed by atoms with van der Waals surface area (Å²) in [7, 11) is 1.14. The second kappa shape index (κ2) is 5.04. The maximum Gasteiger partial charge on any atom is 0.0345 e. The van der Waals surface area contributed by atoms with E-state index in [-0.39, 0.29) is 0 Å². The highest BCUT2D eigenvalue weighted by Crippen LogP contribution is 2.13. The van der Waals surface area contributed by atoms with Crippen molar-refractivity contribution in [1.29, 1.82) is 0 Å². The van der Waals surface area contributed by atoms with Crippen LogP contribution in [0.2, 0.25) is 12.6 Å². The van der Waals surface area contributed by atoms with E-state index in [2.05, 4.69) is 27.3 Å². The maximum absolute atomic E-state index is 2.36. The zero-order valence-corrected chi connectivity index (χ0v) is 8.07. The Hall–Kier alpha value is 0.217. The summed E-state index contributed by atoms with van der Waals surface area (Å²) in [5, 5.41) is 0. The topological polar surface area (TPSA) is 0 Å². The van der Waals surface area contributed by atoms with E-state index in [9.17, 15) is 0 Å². The maximum atomic E-state index is 2.36. The molecule has 0 aliphatic carbocycles.